The molecule has 1 aromatic heterocycles. The van der Waals surface area contributed by atoms with Gasteiger partial charge in [0.05, 0.1) is 0 Å². The summed E-state index contributed by atoms with van der Waals surface area (Å²) in [6.07, 6.45) is 8.98. The van der Waals surface area contributed by atoms with Crippen LogP contribution in [0.4, 0.5) is 0 Å². The van der Waals surface area contributed by atoms with Crippen LogP contribution in [0.3, 0.4) is 0 Å². The van der Waals surface area contributed by atoms with Crippen molar-refractivity contribution in [1.82, 2.24) is 10.2 Å². The molecule has 118 valence electrons. The van der Waals surface area contributed by atoms with Crippen molar-refractivity contribution in [3.63, 3.8) is 0 Å². The van der Waals surface area contributed by atoms with Gasteiger partial charge in [0.15, 0.2) is 0 Å². The van der Waals surface area contributed by atoms with E-state index in [0.29, 0.717) is 16.8 Å². The molecule has 4 heteroatoms. The largest absolute Gasteiger partial charge is 0.420 e. The summed E-state index contributed by atoms with van der Waals surface area (Å²) >= 11 is 5.91. The molecule has 3 rings (SSSR count). The zero-order valence-electron chi connectivity index (χ0n) is 13.1. The minimum absolute atomic E-state index is 0.437. The lowest BCUT2D eigenvalue weighted by molar-refractivity contribution is 0.278. The topological polar surface area (TPSA) is 38.9 Å². The quantitative estimate of drug-likeness (QED) is 0.693. The molecule has 0 spiro atoms. The SMILES string of the molecule is CCCCC1CCC(c2nnc(-c3ccc(Cl)cc3)o2)CC1. The number of benzene rings is 1. The third kappa shape index (κ3) is 3.70. The molecule has 2 aromatic rings. The maximum atomic E-state index is 5.91. The fourth-order valence-electron chi connectivity index (χ4n) is 3.30. The summed E-state index contributed by atoms with van der Waals surface area (Å²) in [4.78, 5) is 0. The van der Waals surface area contributed by atoms with E-state index in [-0.39, 0.29) is 0 Å². The third-order valence-corrected chi connectivity index (χ3v) is 4.95. The first-order valence-corrected chi connectivity index (χ1v) is 8.73. The van der Waals surface area contributed by atoms with Crippen molar-refractivity contribution in [2.24, 2.45) is 5.92 Å². The van der Waals surface area contributed by atoms with Gasteiger partial charge in [-0.15, -0.1) is 10.2 Å². The summed E-state index contributed by atoms with van der Waals surface area (Å²) in [5, 5.41) is 9.19. The van der Waals surface area contributed by atoms with Gasteiger partial charge in [0, 0.05) is 16.5 Å². The average Bonchev–Trinajstić information content (AvgIpc) is 3.04. The Morgan fingerprint density at radius 1 is 1.09 bits per heavy atom. The van der Waals surface area contributed by atoms with Crippen LogP contribution >= 0.6 is 11.6 Å². The summed E-state index contributed by atoms with van der Waals surface area (Å²) in [5.41, 5.74) is 0.930. The van der Waals surface area contributed by atoms with E-state index < -0.39 is 0 Å². The van der Waals surface area contributed by atoms with E-state index in [1.165, 1.54) is 44.9 Å². The average molecular weight is 319 g/mol. The molecule has 3 nitrogen and oxygen atoms in total. The first-order valence-electron chi connectivity index (χ1n) is 8.35. The van der Waals surface area contributed by atoms with Crippen LogP contribution in [0.25, 0.3) is 11.5 Å². The lowest BCUT2D eigenvalue weighted by atomic mass is 9.80. The molecule has 0 N–H and O–H groups in total. The number of rotatable bonds is 5. The minimum atomic E-state index is 0.437. The molecule has 0 bridgehead atoms. The smallest absolute Gasteiger partial charge is 0.247 e. The number of aromatic nitrogens is 2. The highest BCUT2D eigenvalue weighted by atomic mass is 35.5. The Labute approximate surface area is 137 Å². The van der Waals surface area contributed by atoms with Crippen LogP contribution in [0.1, 0.15) is 63.7 Å². The lowest BCUT2D eigenvalue weighted by Crippen LogP contribution is -2.13. The fraction of sp³-hybridized carbons (Fsp3) is 0.556. The highest BCUT2D eigenvalue weighted by Crippen LogP contribution is 2.37. The van der Waals surface area contributed by atoms with Crippen LogP contribution in [0.15, 0.2) is 28.7 Å². The number of unbranched alkanes of at least 4 members (excludes halogenated alkanes) is 1. The maximum absolute atomic E-state index is 5.91. The maximum Gasteiger partial charge on any atom is 0.247 e. The van der Waals surface area contributed by atoms with E-state index in [9.17, 15) is 0 Å². The van der Waals surface area contributed by atoms with Gasteiger partial charge in [-0.05, 0) is 55.9 Å². The van der Waals surface area contributed by atoms with Crippen molar-refractivity contribution in [3.05, 3.63) is 35.2 Å². The number of hydrogen-bond acceptors (Lipinski definition) is 3. The van der Waals surface area contributed by atoms with E-state index in [4.69, 9.17) is 16.0 Å². The third-order valence-electron chi connectivity index (χ3n) is 4.69. The van der Waals surface area contributed by atoms with Gasteiger partial charge in [-0.3, -0.25) is 0 Å². The van der Waals surface area contributed by atoms with Crippen molar-refractivity contribution in [2.45, 2.75) is 57.8 Å². The predicted octanol–water partition coefficient (Wildman–Crippen LogP) is 5.85. The molecule has 0 aliphatic heterocycles. The molecular formula is C18H23ClN2O. The molecule has 1 aliphatic rings. The highest BCUT2D eigenvalue weighted by molar-refractivity contribution is 6.30. The molecular weight excluding hydrogens is 296 g/mol. The fourth-order valence-corrected chi connectivity index (χ4v) is 3.43. The van der Waals surface area contributed by atoms with Gasteiger partial charge in [-0.25, -0.2) is 0 Å². The zero-order valence-corrected chi connectivity index (χ0v) is 13.9. The van der Waals surface area contributed by atoms with Crippen LogP contribution in [0.5, 0.6) is 0 Å². The first kappa shape index (κ1) is 15.5. The van der Waals surface area contributed by atoms with Gasteiger partial charge in [0.2, 0.25) is 11.8 Å². The van der Waals surface area contributed by atoms with Gasteiger partial charge in [-0.2, -0.15) is 0 Å². The Bertz CT molecular complexity index is 585. The summed E-state index contributed by atoms with van der Waals surface area (Å²) in [6, 6.07) is 7.53. The monoisotopic (exact) mass is 318 g/mol. The second kappa shape index (κ2) is 7.28. The Hall–Kier alpha value is -1.35. The lowest BCUT2D eigenvalue weighted by Gasteiger charge is -2.26. The normalized spacial score (nSPS) is 21.9. The predicted molar refractivity (Wildman–Crippen MR) is 89.0 cm³/mol. The van der Waals surface area contributed by atoms with Gasteiger partial charge in [-0.1, -0.05) is 37.8 Å². The zero-order chi connectivity index (χ0) is 15.4. The van der Waals surface area contributed by atoms with Crippen molar-refractivity contribution in [2.75, 3.05) is 0 Å². The summed E-state index contributed by atoms with van der Waals surface area (Å²) < 4.78 is 5.90. The summed E-state index contributed by atoms with van der Waals surface area (Å²) in [5.74, 6) is 2.74. The van der Waals surface area contributed by atoms with E-state index in [1.807, 2.05) is 24.3 Å². The molecule has 1 aromatic carbocycles. The molecule has 0 saturated heterocycles. The van der Waals surface area contributed by atoms with Gasteiger partial charge in [0.25, 0.3) is 0 Å². The number of halogens is 1. The van der Waals surface area contributed by atoms with Crippen molar-refractivity contribution < 1.29 is 4.42 Å². The molecule has 1 fully saturated rings. The van der Waals surface area contributed by atoms with Crippen molar-refractivity contribution in [3.8, 4) is 11.5 Å². The molecule has 0 radical (unpaired) electrons. The second-order valence-corrected chi connectivity index (χ2v) is 6.75. The minimum Gasteiger partial charge on any atom is -0.420 e. The first-order chi connectivity index (χ1) is 10.8. The number of nitrogens with zero attached hydrogens (tertiary/aromatic N) is 2. The number of hydrogen-bond donors (Lipinski definition) is 0. The van der Waals surface area contributed by atoms with Crippen LogP contribution < -0.4 is 0 Å². The standard InChI is InChI=1S/C18H23ClN2O/c1-2-3-4-13-5-7-14(8-6-13)17-20-21-18(22-17)15-9-11-16(19)12-10-15/h9-14H,2-8H2,1H3. The second-order valence-electron chi connectivity index (χ2n) is 6.31. The van der Waals surface area contributed by atoms with E-state index in [2.05, 4.69) is 17.1 Å². The Balaban J connectivity index is 1.61. The molecule has 0 unspecified atom stereocenters. The van der Waals surface area contributed by atoms with Gasteiger partial charge < -0.3 is 4.42 Å². The van der Waals surface area contributed by atoms with Gasteiger partial charge in [0.1, 0.15) is 0 Å². The summed E-state index contributed by atoms with van der Waals surface area (Å²) in [7, 11) is 0. The highest BCUT2D eigenvalue weighted by Gasteiger charge is 2.26. The Morgan fingerprint density at radius 3 is 2.50 bits per heavy atom. The summed E-state index contributed by atoms with van der Waals surface area (Å²) in [6.45, 7) is 2.27. The molecule has 1 saturated carbocycles. The van der Waals surface area contributed by atoms with Crippen LogP contribution in [-0.4, -0.2) is 10.2 Å². The van der Waals surface area contributed by atoms with E-state index >= 15 is 0 Å². The molecule has 0 amide bonds. The van der Waals surface area contributed by atoms with E-state index in [0.717, 1.165) is 17.4 Å². The van der Waals surface area contributed by atoms with Crippen LogP contribution in [0, 0.1) is 5.92 Å². The molecule has 1 aliphatic carbocycles. The Kier molecular flexibility index (Phi) is 5.14. The van der Waals surface area contributed by atoms with Crippen LogP contribution in [0.2, 0.25) is 5.02 Å². The molecule has 1 heterocycles. The van der Waals surface area contributed by atoms with Crippen molar-refractivity contribution >= 4 is 11.6 Å². The molecule has 0 atom stereocenters. The van der Waals surface area contributed by atoms with Crippen molar-refractivity contribution in [1.29, 1.82) is 0 Å². The van der Waals surface area contributed by atoms with Gasteiger partial charge >= 0.3 is 0 Å². The van der Waals surface area contributed by atoms with E-state index in [1.54, 1.807) is 0 Å². The molecule has 22 heavy (non-hydrogen) atoms. The Morgan fingerprint density at radius 2 is 1.82 bits per heavy atom. The van der Waals surface area contributed by atoms with Crippen LogP contribution in [-0.2, 0) is 0 Å².